The van der Waals surface area contributed by atoms with Gasteiger partial charge < -0.3 is 0 Å². The van der Waals surface area contributed by atoms with E-state index in [0.717, 1.165) is 36.8 Å². The Morgan fingerprint density at radius 3 is 2.32 bits per heavy atom. The van der Waals surface area contributed by atoms with Crippen molar-refractivity contribution in [3.63, 3.8) is 0 Å². The summed E-state index contributed by atoms with van der Waals surface area (Å²) in [5.74, 6) is -0.282. The van der Waals surface area contributed by atoms with Crippen molar-refractivity contribution in [1.29, 1.82) is 0 Å². The van der Waals surface area contributed by atoms with E-state index in [1.807, 2.05) is 24.3 Å². The monoisotopic (exact) mass is 260 g/mol. The van der Waals surface area contributed by atoms with Gasteiger partial charge in [0, 0.05) is 0 Å². The van der Waals surface area contributed by atoms with Gasteiger partial charge in [-0.3, -0.25) is 0 Å². The van der Waals surface area contributed by atoms with E-state index in [0.29, 0.717) is 5.56 Å². The van der Waals surface area contributed by atoms with E-state index in [1.165, 1.54) is 6.07 Å². The topological polar surface area (TPSA) is 0 Å². The second kappa shape index (κ2) is 6.46. The quantitative estimate of drug-likeness (QED) is 0.675. The molecule has 0 aliphatic heterocycles. The van der Waals surface area contributed by atoms with E-state index in [-0.39, 0.29) is 11.6 Å². The number of rotatable bonds is 5. The van der Waals surface area contributed by atoms with Crippen LogP contribution in [0.15, 0.2) is 42.5 Å². The van der Waals surface area contributed by atoms with Crippen LogP contribution in [0.25, 0.3) is 0 Å². The maximum absolute atomic E-state index is 13.4. The number of benzene rings is 2. The van der Waals surface area contributed by atoms with Gasteiger partial charge in [0.15, 0.2) is 0 Å². The van der Waals surface area contributed by atoms with Crippen LogP contribution in [0.2, 0.25) is 0 Å². The Labute approximate surface area is 113 Å². The number of unbranched alkanes of at least 4 members (excludes halogenated alkanes) is 1. The summed E-state index contributed by atoms with van der Waals surface area (Å²) in [6.45, 7) is 1.76. The van der Waals surface area contributed by atoms with Crippen LogP contribution in [0, 0.1) is 18.6 Å². The molecule has 19 heavy (non-hydrogen) atoms. The van der Waals surface area contributed by atoms with E-state index in [2.05, 4.69) is 0 Å². The molecule has 0 N–H and O–H groups in total. The van der Waals surface area contributed by atoms with Crippen molar-refractivity contribution in [2.45, 2.75) is 32.6 Å². The minimum atomic E-state index is -0.147. The fourth-order valence-corrected chi connectivity index (χ4v) is 2.14. The molecular weight excluding hydrogens is 242 g/mol. The van der Waals surface area contributed by atoms with Gasteiger partial charge in [0.25, 0.3) is 0 Å². The molecule has 0 heterocycles. The molecule has 0 fully saturated rings. The Morgan fingerprint density at radius 1 is 0.842 bits per heavy atom. The summed E-state index contributed by atoms with van der Waals surface area (Å²) in [5.41, 5.74) is 2.45. The maximum atomic E-state index is 13.4. The smallest absolute Gasteiger partial charge is 0.126 e. The minimum absolute atomic E-state index is 0.135. The summed E-state index contributed by atoms with van der Waals surface area (Å²) in [6.07, 6.45) is 3.43. The summed E-state index contributed by atoms with van der Waals surface area (Å²) in [7, 11) is 0. The SMILES string of the molecule is Cc1ccc(CCCCc2ccccc2F)cc1F. The molecule has 0 aliphatic carbocycles. The van der Waals surface area contributed by atoms with Crippen molar-refractivity contribution in [2.75, 3.05) is 0 Å². The summed E-state index contributed by atoms with van der Waals surface area (Å²) < 4.78 is 26.7. The number of aryl methyl sites for hydroxylation is 3. The van der Waals surface area contributed by atoms with Crippen LogP contribution < -0.4 is 0 Å². The zero-order chi connectivity index (χ0) is 13.7. The van der Waals surface area contributed by atoms with E-state index in [9.17, 15) is 8.78 Å². The minimum Gasteiger partial charge on any atom is -0.207 e. The maximum Gasteiger partial charge on any atom is 0.126 e. The third-order valence-electron chi connectivity index (χ3n) is 3.36. The highest BCUT2D eigenvalue weighted by Crippen LogP contribution is 2.14. The van der Waals surface area contributed by atoms with Crippen molar-refractivity contribution in [3.05, 3.63) is 70.8 Å². The molecule has 2 aromatic rings. The van der Waals surface area contributed by atoms with Gasteiger partial charge in [-0.25, -0.2) is 8.78 Å². The van der Waals surface area contributed by atoms with E-state index >= 15 is 0 Å². The van der Waals surface area contributed by atoms with Crippen LogP contribution in [0.4, 0.5) is 8.78 Å². The molecule has 0 spiro atoms. The van der Waals surface area contributed by atoms with Crippen LogP contribution in [-0.4, -0.2) is 0 Å². The molecule has 100 valence electrons. The number of hydrogen-bond acceptors (Lipinski definition) is 0. The standard InChI is InChI=1S/C17H18F2/c1-13-10-11-14(12-17(13)19)6-2-3-7-15-8-4-5-9-16(15)18/h4-5,8-12H,2-3,6-7H2,1H3. The molecule has 2 rings (SSSR count). The molecule has 0 aromatic heterocycles. The van der Waals surface area contributed by atoms with E-state index < -0.39 is 0 Å². The number of hydrogen-bond donors (Lipinski definition) is 0. The Hall–Kier alpha value is -1.70. The fraction of sp³-hybridized carbons (Fsp3) is 0.294. The summed E-state index contributed by atoms with van der Waals surface area (Å²) in [5, 5.41) is 0. The van der Waals surface area contributed by atoms with Gasteiger partial charge in [-0.05, 0) is 61.4 Å². The van der Waals surface area contributed by atoms with Gasteiger partial charge in [0.1, 0.15) is 11.6 Å². The predicted molar refractivity (Wildman–Crippen MR) is 74.2 cm³/mol. The molecule has 0 atom stereocenters. The van der Waals surface area contributed by atoms with Gasteiger partial charge in [-0.15, -0.1) is 0 Å². The molecular formula is C17H18F2. The Bertz CT molecular complexity index is 547. The highest BCUT2D eigenvalue weighted by Gasteiger charge is 2.02. The first kappa shape index (κ1) is 13.7. The first-order valence-electron chi connectivity index (χ1n) is 6.65. The van der Waals surface area contributed by atoms with Gasteiger partial charge >= 0.3 is 0 Å². The van der Waals surface area contributed by atoms with Gasteiger partial charge in [0.05, 0.1) is 0 Å². The van der Waals surface area contributed by atoms with Crippen LogP contribution in [-0.2, 0) is 12.8 Å². The first-order valence-corrected chi connectivity index (χ1v) is 6.65. The lowest BCUT2D eigenvalue weighted by atomic mass is 10.0. The molecule has 0 saturated heterocycles. The van der Waals surface area contributed by atoms with Crippen LogP contribution in [0.5, 0.6) is 0 Å². The lowest BCUT2D eigenvalue weighted by Gasteiger charge is -2.05. The van der Waals surface area contributed by atoms with Crippen LogP contribution >= 0.6 is 0 Å². The molecule has 0 aliphatic rings. The average Bonchev–Trinajstić information content (AvgIpc) is 2.40. The highest BCUT2D eigenvalue weighted by molar-refractivity contribution is 5.23. The normalized spacial score (nSPS) is 10.7. The lowest BCUT2D eigenvalue weighted by Crippen LogP contribution is -1.93. The largest absolute Gasteiger partial charge is 0.207 e. The molecule has 0 unspecified atom stereocenters. The summed E-state index contributed by atoms with van der Waals surface area (Å²) >= 11 is 0. The summed E-state index contributed by atoms with van der Waals surface area (Å²) in [6, 6.07) is 12.2. The van der Waals surface area contributed by atoms with Gasteiger partial charge in [0.2, 0.25) is 0 Å². The van der Waals surface area contributed by atoms with Gasteiger partial charge in [-0.2, -0.15) is 0 Å². The van der Waals surface area contributed by atoms with Crippen molar-refractivity contribution in [2.24, 2.45) is 0 Å². The van der Waals surface area contributed by atoms with Crippen LogP contribution in [0.1, 0.15) is 29.5 Å². The van der Waals surface area contributed by atoms with Crippen molar-refractivity contribution >= 4 is 0 Å². The van der Waals surface area contributed by atoms with Crippen molar-refractivity contribution in [3.8, 4) is 0 Å². The molecule has 0 nitrogen and oxygen atoms in total. The molecule has 0 radical (unpaired) electrons. The first-order chi connectivity index (χ1) is 9.16. The predicted octanol–water partition coefficient (Wildman–Crippen LogP) is 4.84. The second-order valence-corrected chi connectivity index (χ2v) is 4.88. The molecule has 2 heteroatoms. The summed E-state index contributed by atoms with van der Waals surface area (Å²) in [4.78, 5) is 0. The van der Waals surface area contributed by atoms with Crippen molar-refractivity contribution < 1.29 is 8.78 Å². The Kier molecular flexibility index (Phi) is 4.67. The lowest BCUT2D eigenvalue weighted by molar-refractivity contribution is 0.598. The molecule has 2 aromatic carbocycles. The third kappa shape index (κ3) is 3.88. The zero-order valence-electron chi connectivity index (χ0n) is 11.1. The van der Waals surface area contributed by atoms with Crippen molar-refractivity contribution in [1.82, 2.24) is 0 Å². The van der Waals surface area contributed by atoms with E-state index in [4.69, 9.17) is 0 Å². The number of halogens is 2. The zero-order valence-corrected chi connectivity index (χ0v) is 11.1. The molecule has 0 saturated carbocycles. The van der Waals surface area contributed by atoms with Crippen LogP contribution in [0.3, 0.4) is 0 Å². The van der Waals surface area contributed by atoms with Gasteiger partial charge in [-0.1, -0.05) is 30.3 Å². The highest BCUT2D eigenvalue weighted by atomic mass is 19.1. The molecule has 0 amide bonds. The Morgan fingerprint density at radius 2 is 1.58 bits per heavy atom. The molecule has 0 bridgehead atoms. The van der Waals surface area contributed by atoms with E-state index in [1.54, 1.807) is 19.1 Å². The fourth-order valence-electron chi connectivity index (χ4n) is 2.14. The third-order valence-corrected chi connectivity index (χ3v) is 3.36. The Balaban J connectivity index is 1.81. The average molecular weight is 260 g/mol. The second-order valence-electron chi connectivity index (χ2n) is 4.88.